The van der Waals surface area contributed by atoms with E-state index in [-0.39, 0.29) is 31.6 Å². The molecule has 4 aromatic heterocycles. The van der Waals surface area contributed by atoms with E-state index >= 15 is 0 Å². The average molecular weight is 1080 g/mol. The van der Waals surface area contributed by atoms with Crippen molar-refractivity contribution < 1.29 is 49.0 Å². The summed E-state index contributed by atoms with van der Waals surface area (Å²) in [5.41, 5.74) is 10.6. The van der Waals surface area contributed by atoms with Gasteiger partial charge in [-0.05, 0) is 82.1 Å². The Hall–Kier alpha value is -6.56. The number of aliphatic hydroxyl groups excluding tert-OH is 1. The Morgan fingerprint density at radius 2 is 0.971 bits per heavy atom. The molecule has 10 nitrogen and oxygen atoms in total. The molecule has 0 aliphatic carbocycles. The van der Waals surface area contributed by atoms with E-state index in [1.165, 1.54) is 52.5 Å². The second-order valence-electron chi connectivity index (χ2n) is 16.0. The SMILES string of the molecule is CC(=O)/C=C(/C)O.COCCOCCn1c2c[c-]c(-c3ccc4ccccc4n3)cc2c2ccccc21.COCCOCCn1c2c[c-]c(-c3ccc4ccccc4n3)cc2c2ccccc21.[Ir]. The van der Waals surface area contributed by atoms with Gasteiger partial charge in [-0.25, -0.2) is 0 Å². The fourth-order valence-electron chi connectivity index (χ4n) is 8.28. The number of carbonyl (C=O) groups is 1. The van der Waals surface area contributed by atoms with E-state index in [1.807, 2.05) is 36.4 Å². The molecule has 0 saturated carbocycles. The first kappa shape index (κ1) is 49.3. The molecule has 0 fully saturated rings. The summed E-state index contributed by atoms with van der Waals surface area (Å²) in [6, 6.07) is 57.3. The summed E-state index contributed by atoms with van der Waals surface area (Å²) in [7, 11) is 3.38. The zero-order valence-electron chi connectivity index (χ0n) is 38.7. The topological polar surface area (TPSA) is 110 Å². The largest absolute Gasteiger partial charge is 0.512 e. The van der Waals surface area contributed by atoms with E-state index < -0.39 is 0 Å². The second-order valence-corrected chi connectivity index (χ2v) is 16.0. The summed E-state index contributed by atoms with van der Waals surface area (Å²) < 4.78 is 26.2. The van der Waals surface area contributed by atoms with Crippen LogP contribution in [0.2, 0.25) is 0 Å². The van der Waals surface area contributed by atoms with Crippen LogP contribution in [0.15, 0.2) is 157 Å². The Morgan fingerprint density at radius 1 is 0.544 bits per heavy atom. The monoisotopic (exact) mass is 1080 g/mol. The van der Waals surface area contributed by atoms with Crippen molar-refractivity contribution in [3.63, 3.8) is 0 Å². The maximum absolute atomic E-state index is 10.0. The number of allylic oxidation sites excluding steroid dienone is 2. The number of hydrogen-bond acceptors (Lipinski definition) is 8. The number of aliphatic hydroxyl groups is 1. The molecule has 0 saturated heterocycles. The van der Waals surface area contributed by atoms with Crippen LogP contribution in [0.25, 0.3) is 87.9 Å². The van der Waals surface area contributed by atoms with Gasteiger partial charge in [0.1, 0.15) is 0 Å². The van der Waals surface area contributed by atoms with Crippen molar-refractivity contribution in [1.82, 2.24) is 19.1 Å². The molecule has 0 aliphatic rings. The number of methoxy groups -OCH3 is 2. The Morgan fingerprint density at radius 3 is 1.38 bits per heavy atom. The number of para-hydroxylation sites is 4. The van der Waals surface area contributed by atoms with Crippen molar-refractivity contribution in [1.29, 1.82) is 0 Å². The van der Waals surface area contributed by atoms with E-state index in [0.29, 0.717) is 39.6 Å². The first-order chi connectivity index (χ1) is 32.8. The van der Waals surface area contributed by atoms with Gasteiger partial charge in [0.25, 0.3) is 0 Å². The van der Waals surface area contributed by atoms with Crippen molar-refractivity contribution in [2.75, 3.05) is 53.9 Å². The quantitative estimate of drug-likeness (QED) is 0.0468. The predicted octanol–water partition coefficient (Wildman–Crippen LogP) is 12.0. The Labute approximate surface area is 410 Å². The Bertz CT molecular complexity index is 3110. The minimum Gasteiger partial charge on any atom is -0.512 e. The first-order valence-corrected chi connectivity index (χ1v) is 22.4. The fourth-order valence-corrected chi connectivity index (χ4v) is 8.28. The summed E-state index contributed by atoms with van der Waals surface area (Å²) >= 11 is 0. The molecular formula is C57H54IrN4O6-2. The number of nitrogens with zero attached hydrogens (tertiary/aromatic N) is 4. The predicted molar refractivity (Wildman–Crippen MR) is 270 cm³/mol. The normalized spacial score (nSPS) is 11.4. The van der Waals surface area contributed by atoms with Gasteiger partial charge in [-0.3, -0.25) is 14.8 Å². The van der Waals surface area contributed by atoms with Crippen molar-refractivity contribution >= 4 is 71.2 Å². The smallest absolute Gasteiger partial charge is 0.155 e. The molecule has 0 aliphatic heterocycles. The Kier molecular flexibility index (Phi) is 17.4. The van der Waals surface area contributed by atoms with Gasteiger partial charge in [-0.1, -0.05) is 108 Å². The molecule has 349 valence electrons. The first-order valence-electron chi connectivity index (χ1n) is 22.4. The van der Waals surface area contributed by atoms with Gasteiger partial charge in [-0.2, -0.15) is 0 Å². The number of fused-ring (bicyclic) bond motifs is 8. The van der Waals surface area contributed by atoms with Gasteiger partial charge in [0, 0.05) is 64.5 Å². The van der Waals surface area contributed by atoms with Crippen LogP contribution in [0.3, 0.4) is 0 Å². The van der Waals surface area contributed by atoms with E-state index in [0.717, 1.165) is 68.4 Å². The van der Waals surface area contributed by atoms with Crippen LogP contribution in [0.4, 0.5) is 0 Å². The maximum atomic E-state index is 10.0. The molecule has 11 heteroatoms. The molecule has 10 aromatic rings. The average Bonchev–Trinajstić information content (AvgIpc) is 3.84. The number of ether oxygens (including phenoxy) is 4. The number of rotatable bonds is 15. The summed E-state index contributed by atoms with van der Waals surface area (Å²) in [6.07, 6.45) is 1.17. The zero-order valence-corrected chi connectivity index (χ0v) is 41.1. The zero-order chi connectivity index (χ0) is 46.5. The third-order valence-electron chi connectivity index (χ3n) is 11.4. The van der Waals surface area contributed by atoms with E-state index in [9.17, 15) is 4.79 Å². The fraction of sp³-hybridized carbons (Fsp3) is 0.211. The van der Waals surface area contributed by atoms with Gasteiger partial charge in [0.15, 0.2) is 5.78 Å². The molecule has 1 N–H and O–H groups in total. The van der Waals surface area contributed by atoms with E-state index in [4.69, 9.17) is 34.0 Å². The Balaban J connectivity index is 0.000000175. The molecule has 6 aromatic carbocycles. The van der Waals surface area contributed by atoms with Crippen LogP contribution in [0, 0.1) is 12.1 Å². The van der Waals surface area contributed by atoms with Crippen LogP contribution in [0.1, 0.15) is 13.8 Å². The summed E-state index contributed by atoms with van der Waals surface area (Å²) in [6.45, 7) is 8.16. The van der Waals surface area contributed by atoms with Crippen molar-refractivity contribution in [3.05, 3.63) is 170 Å². The van der Waals surface area contributed by atoms with Gasteiger partial charge in [0.05, 0.1) is 56.4 Å². The summed E-state index contributed by atoms with van der Waals surface area (Å²) in [4.78, 5) is 19.7. The molecule has 68 heavy (non-hydrogen) atoms. The molecule has 10 rings (SSSR count). The third kappa shape index (κ3) is 11.7. The second kappa shape index (κ2) is 23.9. The standard InChI is InChI=1S/2C26H23N2O2.C5H8O2.Ir/c2*1-29-16-17-30-15-14-28-25-9-5-3-7-21(25)22-18-20(11-13-26(22)28)24-12-10-19-6-2-4-8-23(19)27-24;1-4(6)3-5(2)7;/h2*2-10,12-13,18H,14-17H2,1H3;3,6H,1-2H3;/q2*-1;;/b;;4-3-;. The summed E-state index contributed by atoms with van der Waals surface area (Å²) in [5.74, 6) is -0.0625. The van der Waals surface area contributed by atoms with Crippen LogP contribution >= 0.6 is 0 Å². The van der Waals surface area contributed by atoms with Gasteiger partial charge >= 0.3 is 0 Å². The van der Waals surface area contributed by atoms with Crippen molar-refractivity contribution in [3.8, 4) is 22.5 Å². The van der Waals surface area contributed by atoms with Crippen LogP contribution in [-0.2, 0) is 56.9 Å². The molecule has 0 amide bonds. The van der Waals surface area contributed by atoms with Gasteiger partial charge in [0.2, 0.25) is 0 Å². The molecule has 0 spiro atoms. The number of ketones is 1. The molecule has 0 unspecified atom stereocenters. The summed E-state index contributed by atoms with van der Waals surface area (Å²) in [5, 5.41) is 15.6. The number of hydrogen-bond donors (Lipinski definition) is 1. The molecule has 1 radical (unpaired) electrons. The number of pyridine rings is 2. The number of aromatic nitrogens is 4. The van der Waals surface area contributed by atoms with Crippen LogP contribution in [0.5, 0.6) is 0 Å². The number of carbonyl (C=O) groups excluding carboxylic acids is 1. The molecule has 0 atom stereocenters. The van der Waals surface area contributed by atoms with Crippen LogP contribution < -0.4 is 0 Å². The third-order valence-corrected chi connectivity index (χ3v) is 11.4. The van der Waals surface area contributed by atoms with Gasteiger partial charge < -0.3 is 33.2 Å². The van der Waals surface area contributed by atoms with Crippen molar-refractivity contribution in [2.24, 2.45) is 0 Å². The van der Waals surface area contributed by atoms with Crippen LogP contribution in [-0.4, -0.2) is 83.9 Å². The van der Waals surface area contributed by atoms with E-state index in [2.05, 4.69) is 130 Å². The molecule has 4 heterocycles. The molecule has 0 bridgehead atoms. The minimum atomic E-state index is -0.125. The minimum absolute atomic E-state index is 0. The van der Waals surface area contributed by atoms with Crippen molar-refractivity contribution in [2.45, 2.75) is 26.9 Å². The molecular weight excluding hydrogens is 1030 g/mol. The number of benzene rings is 6. The maximum Gasteiger partial charge on any atom is 0.155 e. The van der Waals surface area contributed by atoms with E-state index in [1.54, 1.807) is 14.2 Å². The van der Waals surface area contributed by atoms with Gasteiger partial charge in [-0.15, -0.1) is 47.5 Å².